The molecular formula is C23H23N3O2S2. The lowest BCUT2D eigenvalue weighted by atomic mass is 10.0. The van der Waals surface area contributed by atoms with Gasteiger partial charge in [0.15, 0.2) is 0 Å². The maximum absolute atomic E-state index is 13.0. The zero-order chi connectivity index (χ0) is 20.5. The molecule has 5 nitrogen and oxygen atoms in total. The van der Waals surface area contributed by atoms with Crippen molar-refractivity contribution < 1.29 is 4.79 Å². The van der Waals surface area contributed by atoms with Crippen LogP contribution in [0.5, 0.6) is 0 Å². The number of aromatic nitrogens is 2. The standard InChI is InChI=1S/C23H23N3O2S2/c27-21(25-12-4-7-16-6-1-2-10-19(16)25)15-30-22-18-9-3-11-20(18)26(23(28)24-22)14-17-8-5-13-29-17/h1-2,5-6,8,10,13H,3-4,7,9,11-12,14-15H2. The monoisotopic (exact) mass is 437 g/mol. The zero-order valence-electron chi connectivity index (χ0n) is 16.7. The number of rotatable bonds is 5. The Balaban J connectivity index is 1.36. The molecule has 1 aliphatic heterocycles. The Morgan fingerprint density at radius 1 is 1.10 bits per heavy atom. The van der Waals surface area contributed by atoms with Crippen molar-refractivity contribution in [2.45, 2.75) is 43.7 Å². The van der Waals surface area contributed by atoms with Crippen LogP contribution in [0.2, 0.25) is 0 Å². The second-order valence-electron chi connectivity index (χ2n) is 7.71. The Labute approximate surface area is 183 Å². The Hall–Kier alpha value is -2.38. The summed E-state index contributed by atoms with van der Waals surface area (Å²) in [5.74, 6) is 0.394. The molecule has 0 radical (unpaired) electrons. The van der Waals surface area contributed by atoms with E-state index in [-0.39, 0.29) is 11.6 Å². The van der Waals surface area contributed by atoms with Gasteiger partial charge in [-0.1, -0.05) is 36.0 Å². The number of para-hydroxylation sites is 1. The first kappa shape index (κ1) is 19.6. The van der Waals surface area contributed by atoms with E-state index in [4.69, 9.17) is 0 Å². The number of thiophene rings is 1. The second kappa shape index (κ2) is 8.40. The van der Waals surface area contributed by atoms with Crippen LogP contribution in [0.3, 0.4) is 0 Å². The smallest absolute Gasteiger partial charge is 0.311 e. The number of thioether (sulfide) groups is 1. The van der Waals surface area contributed by atoms with Crippen molar-refractivity contribution in [3.8, 4) is 0 Å². The fourth-order valence-electron chi connectivity index (χ4n) is 4.43. The van der Waals surface area contributed by atoms with Gasteiger partial charge in [0.2, 0.25) is 5.91 Å². The summed E-state index contributed by atoms with van der Waals surface area (Å²) in [6.45, 7) is 1.34. The van der Waals surface area contributed by atoms with Crippen molar-refractivity contribution in [2.24, 2.45) is 0 Å². The van der Waals surface area contributed by atoms with E-state index in [2.05, 4.69) is 17.1 Å². The highest BCUT2D eigenvalue weighted by molar-refractivity contribution is 8.00. The van der Waals surface area contributed by atoms with E-state index in [0.29, 0.717) is 12.3 Å². The maximum atomic E-state index is 13.0. The van der Waals surface area contributed by atoms with Crippen molar-refractivity contribution in [3.05, 3.63) is 74.0 Å². The molecule has 0 bridgehead atoms. The lowest BCUT2D eigenvalue weighted by molar-refractivity contribution is -0.116. The van der Waals surface area contributed by atoms with Gasteiger partial charge in [0.25, 0.3) is 0 Å². The van der Waals surface area contributed by atoms with E-state index in [1.165, 1.54) is 17.3 Å². The summed E-state index contributed by atoms with van der Waals surface area (Å²) >= 11 is 3.08. The van der Waals surface area contributed by atoms with E-state index < -0.39 is 0 Å². The van der Waals surface area contributed by atoms with Gasteiger partial charge in [-0.15, -0.1) is 11.3 Å². The third-order valence-corrected chi connectivity index (χ3v) is 7.70. The normalized spacial score (nSPS) is 15.1. The molecular weight excluding hydrogens is 414 g/mol. The zero-order valence-corrected chi connectivity index (χ0v) is 18.3. The number of anilines is 1. The summed E-state index contributed by atoms with van der Waals surface area (Å²) in [6.07, 6.45) is 4.87. The molecule has 0 spiro atoms. The highest BCUT2D eigenvalue weighted by Gasteiger charge is 2.25. The molecule has 0 unspecified atom stereocenters. The number of amides is 1. The SMILES string of the molecule is O=C(CSc1nc(=O)n(Cc2cccs2)c2c1CCC2)N1CCCc2ccccc21. The van der Waals surface area contributed by atoms with Gasteiger partial charge < -0.3 is 4.90 Å². The Kier molecular flexibility index (Phi) is 5.48. The van der Waals surface area contributed by atoms with Crippen LogP contribution in [0, 0.1) is 0 Å². The number of hydrogen-bond donors (Lipinski definition) is 0. The summed E-state index contributed by atoms with van der Waals surface area (Å²) in [5.41, 5.74) is 4.31. The largest absolute Gasteiger partial charge is 0.349 e. The van der Waals surface area contributed by atoms with Crippen molar-refractivity contribution in [3.63, 3.8) is 0 Å². The summed E-state index contributed by atoms with van der Waals surface area (Å²) in [6, 6.07) is 12.2. The van der Waals surface area contributed by atoms with Gasteiger partial charge in [0.05, 0.1) is 12.3 Å². The van der Waals surface area contributed by atoms with Crippen molar-refractivity contribution in [1.29, 1.82) is 0 Å². The molecule has 3 aromatic rings. The molecule has 1 amide bonds. The van der Waals surface area contributed by atoms with Gasteiger partial charge in [0, 0.05) is 28.4 Å². The van der Waals surface area contributed by atoms with E-state index in [9.17, 15) is 9.59 Å². The van der Waals surface area contributed by atoms with Gasteiger partial charge in [-0.05, 0) is 55.2 Å². The Morgan fingerprint density at radius 2 is 2.00 bits per heavy atom. The van der Waals surface area contributed by atoms with Crippen LogP contribution < -0.4 is 10.6 Å². The third kappa shape index (κ3) is 3.72. The minimum absolute atomic E-state index is 0.0865. The lowest BCUT2D eigenvalue weighted by Crippen LogP contribution is -2.36. The highest BCUT2D eigenvalue weighted by Crippen LogP contribution is 2.31. The van der Waals surface area contributed by atoms with Crippen LogP contribution >= 0.6 is 23.1 Å². The minimum atomic E-state index is -0.206. The molecule has 5 rings (SSSR count). The topological polar surface area (TPSA) is 55.2 Å². The van der Waals surface area contributed by atoms with Crippen molar-refractivity contribution >= 4 is 34.7 Å². The van der Waals surface area contributed by atoms with Crippen LogP contribution in [-0.2, 0) is 30.6 Å². The third-order valence-electron chi connectivity index (χ3n) is 5.84. The quantitative estimate of drug-likeness (QED) is 0.449. The second-order valence-corrected chi connectivity index (χ2v) is 9.71. The number of fused-ring (bicyclic) bond motifs is 2. The predicted octanol–water partition coefficient (Wildman–Crippen LogP) is 3.91. The highest BCUT2D eigenvalue weighted by atomic mass is 32.2. The van der Waals surface area contributed by atoms with Gasteiger partial charge in [-0.25, -0.2) is 4.79 Å². The van der Waals surface area contributed by atoms with E-state index >= 15 is 0 Å². The van der Waals surface area contributed by atoms with Crippen molar-refractivity contribution in [1.82, 2.24) is 9.55 Å². The predicted molar refractivity (Wildman–Crippen MR) is 122 cm³/mol. The molecule has 1 aliphatic carbocycles. The fourth-order valence-corrected chi connectivity index (χ4v) is 6.07. The molecule has 2 aromatic heterocycles. The number of nitrogens with zero attached hydrogens (tertiary/aromatic N) is 3. The van der Waals surface area contributed by atoms with Crippen LogP contribution in [-0.4, -0.2) is 27.8 Å². The average Bonchev–Trinajstić information content (AvgIpc) is 3.46. The van der Waals surface area contributed by atoms with Crippen LogP contribution in [0.1, 0.15) is 34.5 Å². The molecule has 0 saturated carbocycles. The van der Waals surface area contributed by atoms with E-state index in [1.54, 1.807) is 11.3 Å². The Morgan fingerprint density at radius 3 is 2.87 bits per heavy atom. The lowest BCUT2D eigenvalue weighted by Gasteiger charge is -2.29. The first-order chi connectivity index (χ1) is 14.7. The van der Waals surface area contributed by atoms with E-state index in [0.717, 1.165) is 65.5 Å². The summed E-state index contributed by atoms with van der Waals surface area (Å²) in [4.78, 5) is 33.2. The molecule has 0 atom stereocenters. The van der Waals surface area contributed by atoms with E-state index in [1.807, 2.05) is 39.1 Å². The maximum Gasteiger partial charge on any atom is 0.349 e. The molecule has 2 aliphatic rings. The first-order valence-electron chi connectivity index (χ1n) is 10.4. The summed E-state index contributed by atoms with van der Waals surface area (Å²) in [7, 11) is 0. The molecule has 0 saturated heterocycles. The molecule has 7 heteroatoms. The first-order valence-corrected chi connectivity index (χ1v) is 12.2. The number of hydrogen-bond acceptors (Lipinski definition) is 5. The molecule has 0 N–H and O–H groups in total. The van der Waals surface area contributed by atoms with Crippen LogP contribution in [0.25, 0.3) is 0 Å². The fraction of sp³-hybridized carbons (Fsp3) is 0.348. The Bertz CT molecular complexity index is 1140. The van der Waals surface area contributed by atoms with Crippen LogP contribution in [0.15, 0.2) is 51.6 Å². The molecule has 1 aromatic carbocycles. The van der Waals surface area contributed by atoms with Gasteiger partial charge in [-0.3, -0.25) is 9.36 Å². The van der Waals surface area contributed by atoms with Gasteiger partial charge >= 0.3 is 5.69 Å². The summed E-state index contributed by atoms with van der Waals surface area (Å²) < 4.78 is 1.82. The number of carbonyl (C=O) groups excluding carboxylic acids is 1. The number of aryl methyl sites for hydroxylation is 1. The van der Waals surface area contributed by atoms with Gasteiger partial charge in [-0.2, -0.15) is 4.98 Å². The molecule has 3 heterocycles. The summed E-state index contributed by atoms with van der Waals surface area (Å²) in [5, 5.41) is 2.77. The van der Waals surface area contributed by atoms with Gasteiger partial charge in [0.1, 0.15) is 5.03 Å². The van der Waals surface area contributed by atoms with Crippen LogP contribution in [0.4, 0.5) is 5.69 Å². The molecule has 0 fully saturated rings. The number of carbonyl (C=O) groups is 1. The molecule has 30 heavy (non-hydrogen) atoms. The molecule has 154 valence electrons. The number of benzene rings is 1. The minimum Gasteiger partial charge on any atom is -0.311 e. The average molecular weight is 438 g/mol. The van der Waals surface area contributed by atoms with Crippen molar-refractivity contribution in [2.75, 3.05) is 17.2 Å².